The van der Waals surface area contributed by atoms with E-state index in [1.807, 2.05) is 18.2 Å². The molecule has 0 radical (unpaired) electrons. The number of aliphatic carboxylic acids is 1. The molecule has 3 nitrogen and oxygen atoms in total. The van der Waals surface area contributed by atoms with Gasteiger partial charge in [-0.15, -0.1) is 0 Å². The summed E-state index contributed by atoms with van der Waals surface area (Å²) in [6.07, 6.45) is 8.55. The van der Waals surface area contributed by atoms with E-state index in [-0.39, 0.29) is 6.61 Å². The van der Waals surface area contributed by atoms with E-state index in [1.165, 1.54) is 0 Å². The Balaban J connectivity index is 0. The van der Waals surface area contributed by atoms with Crippen molar-refractivity contribution in [2.24, 2.45) is 0 Å². The topological polar surface area (TPSA) is 57.5 Å². The molecule has 70 valence electrons. The average molecular weight is 172 g/mol. The Bertz CT molecular complexity index is 132. The molecule has 2 N–H and O–H groups in total. The zero-order chi connectivity index (χ0) is 9.82. The summed E-state index contributed by atoms with van der Waals surface area (Å²) in [5, 5.41) is 15.7. The third-order valence-corrected chi connectivity index (χ3v) is 0.724. The first kappa shape index (κ1) is 13.5. The summed E-state index contributed by atoms with van der Waals surface area (Å²) in [6.45, 7) is 3.29. The molecule has 0 aromatic rings. The summed E-state index contributed by atoms with van der Waals surface area (Å²) >= 11 is 0. The SMILES string of the molecule is CC(=O)O.CCC=CC=CCO. The van der Waals surface area contributed by atoms with Crippen molar-refractivity contribution in [2.75, 3.05) is 6.61 Å². The van der Waals surface area contributed by atoms with Crippen LogP contribution in [0.1, 0.15) is 20.3 Å². The molecule has 0 unspecified atom stereocenters. The van der Waals surface area contributed by atoms with Crippen LogP contribution in [0.5, 0.6) is 0 Å². The number of hydrogen-bond acceptors (Lipinski definition) is 2. The first-order valence-corrected chi connectivity index (χ1v) is 3.77. The lowest BCUT2D eigenvalue weighted by Gasteiger charge is -1.74. The van der Waals surface area contributed by atoms with Crippen molar-refractivity contribution in [3.63, 3.8) is 0 Å². The molecule has 0 aliphatic rings. The highest BCUT2D eigenvalue weighted by Gasteiger charge is 1.65. The highest BCUT2D eigenvalue weighted by Crippen LogP contribution is 1.79. The number of hydrogen-bond donors (Lipinski definition) is 2. The van der Waals surface area contributed by atoms with Gasteiger partial charge in [0.1, 0.15) is 0 Å². The Morgan fingerprint density at radius 3 is 2.08 bits per heavy atom. The molecule has 12 heavy (non-hydrogen) atoms. The first-order valence-electron chi connectivity index (χ1n) is 3.77. The molecule has 0 rings (SSSR count). The second-order valence-corrected chi connectivity index (χ2v) is 1.97. The molecule has 0 amide bonds. The van der Waals surface area contributed by atoms with Gasteiger partial charge < -0.3 is 10.2 Å². The second-order valence-electron chi connectivity index (χ2n) is 1.97. The molecule has 0 heterocycles. The molecule has 0 atom stereocenters. The predicted octanol–water partition coefficient (Wildman–Crippen LogP) is 1.59. The maximum Gasteiger partial charge on any atom is 0.300 e. The van der Waals surface area contributed by atoms with Gasteiger partial charge in [-0.2, -0.15) is 0 Å². The lowest BCUT2D eigenvalue weighted by Crippen LogP contribution is -1.78. The minimum atomic E-state index is -0.833. The molecule has 0 aromatic carbocycles. The van der Waals surface area contributed by atoms with Crippen molar-refractivity contribution in [3.8, 4) is 0 Å². The average Bonchev–Trinajstić information content (AvgIpc) is 1.97. The molecule has 0 fully saturated rings. The number of rotatable bonds is 3. The van der Waals surface area contributed by atoms with Crippen LogP contribution in [0, 0.1) is 0 Å². The van der Waals surface area contributed by atoms with Crippen molar-refractivity contribution in [1.82, 2.24) is 0 Å². The van der Waals surface area contributed by atoms with Gasteiger partial charge >= 0.3 is 0 Å². The maximum absolute atomic E-state index is 9.00. The molecular formula is C9H16O3. The molecule has 0 spiro atoms. The Morgan fingerprint density at radius 1 is 1.33 bits per heavy atom. The van der Waals surface area contributed by atoms with E-state index in [9.17, 15) is 0 Å². The van der Waals surface area contributed by atoms with Gasteiger partial charge in [0.25, 0.3) is 5.97 Å². The van der Waals surface area contributed by atoms with Crippen LogP contribution in [0.25, 0.3) is 0 Å². The van der Waals surface area contributed by atoms with Gasteiger partial charge in [0, 0.05) is 6.92 Å². The van der Waals surface area contributed by atoms with Crippen LogP contribution in [0.15, 0.2) is 24.3 Å². The minimum Gasteiger partial charge on any atom is -0.481 e. The van der Waals surface area contributed by atoms with Crippen molar-refractivity contribution in [1.29, 1.82) is 0 Å². The van der Waals surface area contributed by atoms with E-state index in [0.29, 0.717) is 0 Å². The summed E-state index contributed by atoms with van der Waals surface area (Å²) in [5.74, 6) is -0.833. The highest BCUT2D eigenvalue weighted by atomic mass is 16.4. The van der Waals surface area contributed by atoms with Crippen LogP contribution in [0.2, 0.25) is 0 Å². The molecule has 0 aliphatic carbocycles. The first-order chi connectivity index (χ1) is 5.65. The van der Waals surface area contributed by atoms with Crippen LogP contribution < -0.4 is 0 Å². The van der Waals surface area contributed by atoms with Gasteiger partial charge in [0.15, 0.2) is 0 Å². The molecule has 0 bridgehead atoms. The van der Waals surface area contributed by atoms with Crippen molar-refractivity contribution >= 4 is 5.97 Å². The normalized spacial score (nSPS) is 9.92. The summed E-state index contributed by atoms with van der Waals surface area (Å²) in [5.41, 5.74) is 0. The number of carbonyl (C=O) groups is 1. The fourth-order valence-corrected chi connectivity index (χ4v) is 0.354. The fraction of sp³-hybridized carbons (Fsp3) is 0.444. The van der Waals surface area contributed by atoms with Crippen molar-refractivity contribution in [3.05, 3.63) is 24.3 Å². The highest BCUT2D eigenvalue weighted by molar-refractivity contribution is 5.62. The molecule has 3 heteroatoms. The second kappa shape index (κ2) is 12.6. The van der Waals surface area contributed by atoms with Gasteiger partial charge in [-0.3, -0.25) is 4.79 Å². The summed E-state index contributed by atoms with van der Waals surface area (Å²) < 4.78 is 0. The summed E-state index contributed by atoms with van der Waals surface area (Å²) in [7, 11) is 0. The third-order valence-electron chi connectivity index (χ3n) is 0.724. The number of aliphatic hydroxyl groups excluding tert-OH is 1. The standard InChI is InChI=1S/C7H12O.C2H4O2/c1-2-3-4-5-6-7-8;1-2(3)4/h3-6,8H,2,7H2,1H3;1H3,(H,3,4). The predicted molar refractivity (Wildman–Crippen MR) is 49.0 cm³/mol. The molecule has 0 aromatic heterocycles. The van der Waals surface area contributed by atoms with Crippen LogP contribution in [-0.2, 0) is 4.79 Å². The Kier molecular flexibility index (Phi) is 14.1. The Labute approximate surface area is 73.0 Å². The van der Waals surface area contributed by atoms with E-state index < -0.39 is 5.97 Å². The van der Waals surface area contributed by atoms with E-state index in [4.69, 9.17) is 15.0 Å². The van der Waals surface area contributed by atoms with Crippen LogP contribution in [0.4, 0.5) is 0 Å². The zero-order valence-corrected chi connectivity index (χ0v) is 7.53. The number of carboxylic acid groups (broad SMARTS) is 1. The van der Waals surface area contributed by atoms with Crippen LogP contribution in [-0.4, -0.2) is 22.8 Å². The van der Waals surface area contributed by atoms with Crippen LogP contribution in [0.3, 0.4) is 0 Å². The Hall–Kier alpha value is -1.09. The maximum atomic E-state index is 9.00. The summed E-state index contributed by atoms with van der Waals surface area (Å²) in [6, 6.07) is 0. The minimum absolute atomic E-state index is 0.133. The lowest BCUT2D eigenvalue weighted by atomic mass is 10.4. The van der Waals surface area contributed by atoms with E-state index >= 15 is 0 Å². The lowest BCUT2D eigenvalue weighted by molar-refractivity contribution is -0.134. The van der Waals surface area contributed by atoms with Gasteiger partial charge in [-0.05, 0) is 6.42 Å². The van der Waals surface area contributed by atoms with Gasteiger partial charge in [-0.25, -0.2) is 0 Å². The van der Waals surface area contributed by atoms with Crippen molar-refractivity contribution < 1.29 is 15.0 Å². The van der Waals surface area contributed by atoms with Crippen LogP contribution >= 0.6 is 0 Å². The van der Waals surface area contributed by atoms with Gasteiger partial charge in [-0.1, -0.05) is 31.2 Å². The number of allylic oxidation sites excluding steroid dienone is 3. The van der Waals surface area contributed by atoms with E-state index in [0.717, 1.165) is 13.3 Å². The van der Waals surface area contributed by atoms with E-state index in [1.54, 1.807) is 6.08 Å². The zero-order valence-electron chi connectivity index (χ0n) is 7.53. The molecule has 0 saturated heterocycles. The van der Waals surface area contributed by atoms with Gasteiger partial charge in [0.05, 0.1) is 6.61 Å². The summed E-state index contributed by atoms with van der Waals surface area (Å²) in [4.78, 5) is 9.00. The van der Waals surface area contributed by atoms with Crippen molar-refractivity contribution in [2.45, 2.75) is 20.3 Å². The fourth-order valence-electron chi connectivity index (χ4n) is 0.354. The van der Waals surface area contributed by atoms with E-state index in [2.05, 4.69) is 6.92 Å². The molecular weight excluding hydrogens is 156 g/mol. The molecule has 0 saturated carbocycles. The largest absolute Gasteiger partial charge is 0.481 e. The smallest absolute Gasteiger partial charge is 0.300 e. The number of aliphatic hydroxyl groups is 1. The third kappa shape index (κ3) is 36.5. The quantitative estimate of drug-likeness (QED) is 0.635. The molecule has 0 aliphatic heterocycles. The monoisotopic (exact) mass is 172 g/mol. The Morgan fingerprint density at radius 2 is 1.75 bits per heavy atom. The van der Waals surface area contributed by atoms with Gasteiger partial charge in [0.2, 0.25) is 0 Å². The number of carboxylic acids is 1.